The Morgan fingerprint density at radius 3 is 2.26 bits per heavy atom. The van der Waals surface area contributed by atoms with Gasteiger partial charge in [0, 0.05) is 6.54 Å². The molecule has 2 amide bonds. The molecule has 0 fully saturated rings. The molecule has 0 saturated carbocycles. The van der Waals surface area contributed by atoms with Crippen molar-refractivity contribution in [2.24, 2.45) is 0 Å². The molecular weight excluding hydrogens is 334 g/mol. The fourth-order valence-corrected chi connectivity index (χ4v) is 4.70. The van der Waals surface area contributed by atoms with Gasteiger partial charge in [-0.05, 0) is 59.2 Å². The summed E-state index contributed by atoms with van der Waals surface area (Å²) in [6.07, 6.45) is 4.07. The van der Waals surface area contributed by atoms with Crippen LogP contribution in [0.15, 0.2) is 60.7 Å². The van der Waals surface area contributed by atoms with Crippen LogP contribution < -0.4 is 0 Å². The van der Waals surface area contributed by atoms with E-state index in [1.807, 2.05) is 12.1 Å². The lowest BCUT2D eigenvalue weighted by Crippen LogP contribution is -2.30. The van der Waals surface area contributed by atoms with Crippen LogP contribution in [-0.4, -0.2) is 23.3 Å². The number of fused-ring (bicyclic) bond motifs is 1. The highest BCUT2D eigenvalue weighted by Crippen LogP contribution is 2.40. The highest BCUT2D eigenvalue weighted by atomic mass is 16.2. The normalized spacial score (nSPS) is 17.8. The monoisotopic (exact) mass is 355 g/mol. The van der Waals surface area contributed by atoms with Crippen LogP contribution in [0.3, 0.4) is 0 Å². The van der Waals surface area contributed by atoms with Crippen molar-refractivity contribution in [1.82, 2.24) is 4.90 Å². The van der Waals surface area contributed by atoms with Crippen LogP contribution >= 0.6 is 0 Å². The number of unbranched alkanes of at least 4 members (excludes halogenated alkanes) is 1. The van der Waals surface area contributed by atoms with Crippen molar-refractivity contribution in [1.29, 1.82) is 0 Å². The average Bonchev–Trinajstić information content (AvgIpc) is 3.18. The lowest BCUT2D eigenvalue weighted by atomic mass is 9.94. The van der Waals surface area contributed by atoms with E-state index in [1.54, 1.807) is 12.1 Å². The maximum Gasteiger partial charge on any atom is 0.261 e. The first kappa shape index (κ1) is 16.2. The van der Waals surface area contributed by atoms with Crippen LogP contribution in [0.2, 0.25) is 0 Å². The minimum absolute atomic E-state index is 0.145. The maximum absolute atomic E-state index is 12.4. The summed E-state index contributed by atoms with van der Waals surface area (Å²) in [5, 5.41) is 2.77. The summed E-state index contributed by atoms with van der Waals surface area (Å²) in [6, 6.07) is 20.3. The van der Waals surface area contributed by atoms with Gasteiger partial charge < -0.3 is 0 Å². The summed E-state index contributed by atoms with van der Waals surface area (Å²) in [5.41, 5.74) is 4.00. The van der Waals surface area contributed by atoms with Crippen molar-refractivity contribution in [2.75, 3.05) is 6.54 Å². The molecule has 5 rings (SSSR count). The first-order chi connectivity index (χ1) is 13.2. The van der Waals surface area contributed by atoms with Crippen LogP contribution in [-0.2, 0) is 6.42 Å². The highest BCUT2D eigenvalue weighted by molar-refractivity contribution is 6.21. The number of imide groups is 1. The number of rotatable bonds is 5. The fraction of sp³-hybridized carbons (Fsp3) is 0.250. The van der Waals surface area contributed by atoms with Crippen LogP contribution in [0.1, 0.15) is 57.0 Å². The molecule has 1 atom stereocenters. The second-order valence-corrected chi connectivity index (χ2v) is 7.57. The molecule has 0 saturated heterocycles. The van der Waals surface area contributed by atoms with Crippen molar-refractivity contribution in [3.05, 3.63) is 82.9 Å². The third kappa shape index (κ3) is 2.57. The molecule has 1 heterocycles. The summed E-state index contributed by atoms with van der Waals surface area (Å²) >= 11 is 0. The van der Waals surface area contributed by atoms with Gasteiger partial charge in [0.05, 0.1) is 11.1 Å². The number of nitrogens with zero attached hydrogens (tertiary/aromatic N) is 1. The third-order valence-electron chi connectivity index (χ3n) is 5.99. The van der Waals surface area contributed by atoms with E-state index in [9.17, 15) is 9.59 Å². The Morgan fingerprint density at radius 1 is 0.815 bits per heavy atom. The van der Waals surface area contributed by atoms with E-state index >= 15 is 0 Å². The van der Waals surface area contributed by atoms with Gasteiger partial charge in [-0.1, -0.05) is 55.0 Å². The summed E-state index contributed by atoms with van der Waals surface area (Å²) < 4.78 is 0. The average molecular weight is 355 g/mol. The minimum Gasteiger partial charge on any atom is -0.274 e. The van der Waals surface area contributed by atoms with Crippen molar-refractivity contribution >= 4 is 22.6 Å². The molecule has 0 unspecified atom stereocenters. The lowest BCUT2D eigenvalue weighted by Gasteiger charge is -2.15. The zero-order valence-electron chi connectivity index (χ0n) is 15.2. The molecule has 0 N–H and O–H groups in total. The SMILES string of the molecule is O=C1c2ccccc2C(=O)N1CCCC[C@H]1Cc2cccc3cccc1c23. The molecule has 2 aliphatic rings. The topological polar surface area (TPSA) is 37.4 Å². The van der Waals surface area contributed by atoms with Gasteiger partial charge in [-0.3, -0.25) is 14.5 Å². The van der Waals surface area contributed by atoms with Gasteiger partial charge in [0.1, 0.15) is 0 Å². The minimum atomic E-state index is -0.145. The molecule has 3 nitrogen and oxygen atoms in total. The Hall–Kier alpha value is -2.94. The van der Waals surface area contributed by atoms with E-state index in [-0.39, 0.29) is 11.8 Å². The van der Waals surface area contributed by atoms with Gasteiger partial charge in [-0.25, -0.2) is 0 Å². The van der Waals surface area contributed by atoms with E-state index in [0.29, 0.717) is 23.6 Å². The number of hydrogen-bond donors (Lipinski definition) is 0. The Balaban J connectivity index is 1.22. The van der Waals surface area contributed by atoms with Crippen LogP contribution in [0.4, 0.5) is 0 Å². The van der Waals surface area contributed by atoms with E-state index in [0.717, 1.165) is 25.7 Å². The molecule has 0 radical (unpaired) electrons. The zero-order valence-corrected chi connectivity index (χ0v) is 15.2. The highest BCUT2D eigenvalue weighted by Gasteiger charge is 2.34. The molecule has 0 spiro atoms. The number of hydrogen-bond acceptors (Lipinski definition) is 2. The number of carbonyl (C=O) groups is 2. The molecule has 134 valence electrons. The lowest BCUT2D eigenvalue weighted by molar-refractivity contribution is 0.0651. The van der Waals surface area contributed by atoms with Crippen molar-refractivity contribution < 1.29 is 9.59 Å². The molecule has 1 aliphatic carbocycles. The second kappa shape index (κ2) is 6.34. The van der Waals surface area contributed by atoms with E-state index in [2.05, 4.69) is 36.4 Å². The van der Waals surface area contributed by atoms with Crippen molar-refractivity contribution in [2.45, 2.75) is 31.6 Å². The van der Waals surface area contributed by atoms with Crippen molar-refractivity contribution in [3.8, 4) is 0 Å². The van der Waals surface area contributed by atoms with Crippen molar-refractivity contribution in [3.63, 3.8) is 0 Å². The second-order valence-electron chi connectivity index (χ2n) is 7.57. The number of benzene rings is 3. The van der Waals surface area contributed by atoms with E-state index in [1.165, 1.54) is 26.8 Å². The molecule has 3 aromatic carbocycles. The predicted octanol–water partition coefficient (Wildman–Crippen LogP) is 4.95. The van der Waals surface area contributed by atoms with Gasteiger partial charge in [-0.2, -0.15) is 0 Å². The summed E-state index contributed by atoms with van der Waals surface area (Å²) in [4.78, 5) is 26.3. The Labute approximate surface area is 158 Å². The van der Waals surface area contributed by atoms with Gasteiger partial charge >= 0.3 is 0 Å². The molecule has 0 bridgehead atoms. The summed E-state index contributed by atoms with van der Waals surface area (Å²) in [6.45, 7) is 0.510. The Morgan fingerprint density at radius 2 is 1.52 bits per heavy atom. The largest absolute Gasteiger partial charge is 0.274 e. The predicted molar refractivity (Wildman–Crippen MR) is 106 cm³/mol. The van der Waals surface area contributed by atoms with Gasteiger partial charge in [0.15, 0.2) is 0 Å². The summed E-state index contributed by atoms with van der Waals surface area (Å²) in [7, 11) is 0. The molecule has 0 aromatic heterocycles. The summed E-state index contributed by atoms with van der Waals surface area (Å²) in [5.74, 6) is 0.260. The van der Waals surface area contributed by atoms with Gasteiger partial charge in [0.2, 0.25) is 0 Å². The van der Waals surface area contributed by atoms with Crippen LogP contribution in [0.25, 0.3) is 10.8 Å². The zero-order chi connectivity index (χ0) is 18.4. The maximum atomic E-state index is 12.4. The smallest absolute Gasteiger partial charge is 0.261 e. The molecule has 27 heavy (non-hydrogen) atoms. The van der Waals surface area contributed by atoms with E-state index in [4.69, 9.17) is 0 Å². The molecule has 3 aromatic rings. The quantitative estimate of drug-likeness (QED) is 0.480. The molecule has 3 heteroatoms. The third-order valence-corrected chi connectivity index (χ3v) is 5.99. The van der Waals surface area contributed by atoms with Gasteiger partial charge in [-0.15, -0.1) is 0 Å². The number of carbonyl (C=O) groups excluding carboxylic acids is 2. The fourth-order valence-electron chi connectivity index (χ4n) is 4.70. The molecular formula is C24H21NO2. The van der Waals surface area contributed by atoms with Crippen LogP contribution in [0.5, 0.6) is 0 Å². The molecule has 1 aliphatic heterocycles. The van der Waals surface area contributed by atoms with Gasteiger partial charge in [0.25, 0.3) is 11.8 Å². The standard InChI is InChI=1S/C24H21NO2/c26-23-20-11-1-2-12-21(20)24(27)25(23)14-4-3-7-17-15-18-10-5-8-16-9-6-13-19(17)22(16)18/h1-2,5-6,8-13,17H,3-4,7,14-15H2/t17-/m0/s1. The first-order valence-electron chi connectivity index (χ1n) is 9.70. The van der Waals surface area contributed by atoms with Crippen LogP contribution in [0, 0.1) is 0 Å². The van der Waals surface area contributed by atoms with E-state index < -0.39 is 0 Å². The Bertz CT molecular complexity index is 1030. The first-order valence-corrected chi connectivity index (χ1v) is 9.70. The number of amides is 2. The Kier molecular flexibility index (Phi) is 3.82.